The number of ketones is 1. The van der Waals surface area contributed by atoms with Gasteiger partial charge in [-0.15, -0.1) is 0 Å². The number of ether oxygens (including phenoxy) is 1. The second-order valence-electron chi connectivity index (χ2n) is 4.73. The molecule has 0 fully saturated rings. The first kappa shape index (κ1) is 16.4. The van der Waals surface area contributed by atoms with Crippen LogP contribution in [-0.4, -0.2) is 23.3 Å². The van der Waals surface area contributed by atoms with Gasteiger partial charge in [-0.05, 0) is 6.92 Å². The average Bonchev–Trinajstić information content (AvgIpc) is 2.56. The largest absolute Gasteiger partial charge is 0.465 e. The van der Waals surface area contributed by atoms with Crippen molar-refractivity contribution in [1.29, 1.82) is 0 Å². The highest BCUT2D eigenvalue weighted by atomic mass is 16.6. The monoisotopic (exact) mass is 313 g/mol. The number of nitro groups is 1. The minimum atomic E-state index is -1.36. The predicted octanol–water partition coefficient (Wildman–Crippen LogP) is 3.12. The Bertz CT molecular complexity index is 727. The van der Waals surface area contributed by atoms with Crippen molar-refractivity contribution >= 4 is 17.4 Å². The maximum absolute atomic E-state index is 12.7. The molecule has 0 spiro atoms. The first-order valence-corrected chi connectivity index (χ1v) is 7.05. The number of benzene rings is 2. The molecule has 0 amide bonds. The Kier molecular flexibility index (Phi) is 5.19. The number of nitrogens with zero attached hydrogens (tertiary/aromatic N) is 1. The zero-order valence-corrected chi connectivity index (χ0v) is 12.5. The molecule has 0 bridgehead atoms. The molecule has 1 atom stereocenters. The normalized spacial score (nSPS) is 11.5. The molecule has 1 unspecified atom stereocenters. The molecule has 0 aromatic heterocycles. The summed E-state index contributed by atoms with van der Waals surface area (Å²) in [4.78, 5) is 35.6. The van der Waals surface area contributed by atoms with Gasteiger partial charge in [0.1, 0.15) is 0 Å². The van der Waals surface area contributed by atoms with E-state index in [4.69, 9.17) is 4.74 Å². The maximum Gasteiger partial charge on any atom is 0.321 e. The summed E-state index contributed by atoms with van der Waals surface area (Å²) in [7, 11) is 0. The van der Waals surface area contributed by atoms with E-state index in [9.17, 15) is 19.7 Å². The summed E-state index contributed by atoms with van der Waals surface area (Å²) in [6.07, 6.45) is 0. The highest BCUT2D eigenvalue weighted by Gasteiger charge is 2.35. The zero-order valence-electron chi connectivity index (χ0n) is 12.5. The molecule has 6 heteroatoms. The Balaban J connectivity index is 2.54. The van der Waals surface area contributed by atoms with Gasteiger partial charge in [0.25, 0.3) is 5.69 Å². The highest BCUT2D eigenvalue weighted by molar-refractivity contribution is 6.13. The van der Waals surface area contributed by atoms with Crippen LogP contribution < -0.4 is 0 Å². The molecule has 0 radical (unpaired) electrons. The number of esters is 1. The topological polar surface area (TPSA) is 86.5 Å². The van der Waals surface area contributed by atoms with Crippen molar-refractivity contribution in [1.82, 2.24) is 0 Å². The maximum atomic E-state index is 12.7. The van der Waals surface area contributed by atoms with E-state index >= 15 is 0 Å². The van der Waals surface area contributed by atoms with Crippen molar-refractivity contribution in [3.05, 3.63) is 75.8 Å². The molecule has 0 aliphatic rings. The van der Waals surface area contributed by atoms with Gasteiger partial charge in [-0.1, -0.05) is 48.5 Å². The van der Waals surface area contributed by atoms with Crippen LogP contribution in [0.5, 0.6) is 0 Å². The number of carbonyl (C=O) groups excluding carboxylic acids is 2. The van der Waals surface area contributed by atoms with E-state index in [0.717, 1.165) is 0 Å². The Morgan fingerprint density at radius 2 is 1.70 bits per heavy atom. The number of Topliss-reactive ketones (excluding diaryl/α,β-unsaturated/α-hetero) is 1. The Hall–Kier alpha value is -3.02. The molecule has 0 N–H and O–H groups in total. The standard InChI is InChI=1S/C17H15NO5/c1-2-23-17(20)15(16(19)12-8-4-3-5-9-12)13-10-6-7-11-14(13)18(21)22/h3-11,15H,2H2,1H3. The van der Waals surface area contributed by atoms with Crippen molar-refractivity contribution in [2.24, 2.45) is 0 Å². The molecule has 2 aromatic carbocycles. The van der Waals surface area contributed by atoms with Gasteiger partial charge in [-0.3, -0.25) is 19.7 Å². The predicted molar refractivity (Wildman–Crippen MR) is 83.2 cm³/mol. The Morgan fingerprint density at radius 1 is 1.09 bits per heavy atom. The molecule has 6 nitrogen and oxygen atoms in total. The zero-order chi connectivity index (χ0) is 16.8. The molecule has 0 aliphatic heterocycles. The quantitative estimate of drug-likeness (QED) is 0.269. The van der Waals surface area contributed by atoms with Crippen LogP contribution in [0, 0.1) is 10.1 Å². The van der Waals surface area contributed by atoms with Crippen LogP contribution in [0.15, 0.2) is 54.6 Å². The van der Waals surface area contributed by atoms with Crippen LogP contribution in [-0.2, 0) is 9.53 Å². The molecule has 0 saturated carbocycles. The molecule has 0 saturated heterocycles. The number of hydrogen-bond acceptors (Lipinski definition) is 5. The van der Waals surface area contributed by atoms with Gasteiger partial charge in [-0.2, -0.15) is 0 Å². The van der Waals surface area contributed by atoms with Gasteiger partial charge in [0.15, 0.2) is 11.7 Å². The minimum Gasteiger partial charge on any atom is -0.465 e. The smallest absolute Gasteiger partial charge is 0.321 e. The molecule has 23 heavy (non-hydrogen) atoms. The van der Waals surface area contributed by atoms with Crippen LogP contribution in [0.2, 0.25) is 0 Å². The van der Waals surface area contributed by atoms with Crippen LogP contribution in [0.1, 0.15) is 28.8 Å². The van der Waals surface area contributed by atoms with E-state index in [-0.39, 0.29) is 17.9 Å². The van der Waals surface area contributed by atoms with Crippen LogP contribution in [0.3, 0.4) is 0 Å². The van der Waals surface area contributed by atoms with Crippen molar-refractivity contribution in [2.45, 2.75) is 12.8 Å². The first-order valence-electron chi connectivity index (χ1n) is 7.05. The molecular weight excluding hydrogens is 298 g/mol. The van der Waals surface area contributed by atoms with Gasteiger partial charge in [0.2, 0.25) is 0 Å². The molecule has 2 aromatic rings. The van der Waals surface area contributed by atoms with E-state index in [1.807, 2.05) is 0 Å². The lowest BCUT2D eigenvalue weighted by Gasteiger charge is -2.15. The average molecular weight is 313 g/mol. The van der Waals surface area contributed by atoms with E-state index in [2.05, 4.69) is 0 Å². The summed E-state index contributed by atoms with van der Waals surface area (Å²) < 4.78 is 4.95. The van der Waals surface area contributed by atoms with Crippen molar-refractivity contribution in [3.63, 3.8) is 0 Å². The summed E-state index contributed by atoms with van der Waals surface area (Å²) in [5.41, 5.74) is 0.0448. The summed E-state index contributed by atoms with van der Waals surface area (Å²) in [5.74, 6) is -2.69. The summed E-state index contributed by atoms with van der Waals surface area (Å²) >= 11 is 0. The number of rotatable bonds is 6. The van der Waals surface area contributed by atoms with E-state index < -0.39 is 22.6 Å². The van der Waals surface area contributed by atoms with Crippen LogP contribution >= 0.6 is 0 Å². The highest BCUT2D eigenvalue weighted by Crippen LogP contribution is 2.30. The fourth-order valence-corrected chi connectivity index (χ4v) is 2.27. The summed E-state index contributed by atoms with van der Waals surface area (Å²) in [6, 6.07) is 13.9. The molecule has 118 valence electrons. The van der Waals surface area contributed by atoms with Crippen molar-refractivity contribution < 1.29 is 19.2 Å². The summed E-state index contributed by atoms with van der Waals surface area (Å²) in [5, 5.41) is 11.2. The molecule has 0 heterocycles. The second-order valence-corrected chi connectivity index (χ2v) is 4.73. The lowest BCUT2D eigenvalue weighted by atomic mass is 9.89. The van der Waals surface area contributed by atoms with Gasteiger partial charge in [-0.25, -0.2) is 0 Å². The Labute approximate surface area is 132 Å². The van der Waals surface area contributed by atoms with E-state index in [1.54, 1.807) is 43.3 Å². The van der Waals surface area contributed by atoms with Crippen LogP contribution in [0.25, 0.3) is 0 Å². The SMILES string of the molecule is CCOC(=O)C(C(=O)c1ccccc1)c1ccccc1[N+](=O)[O-]. The Morgan fingerprint density at radius 3 is 2.30 bits per heavy atom. The third-order valence-electron chi connectivity index (χ3n) is 3.29. The number of carbonyl (C=O) groups is 2. The third-order valence-corrected chi connectivity index (χ3v) is 3.29. The van der Waals surface area contributed by atoms with E-state index in [1.165, 1.54) is 18.2 Å². The number of hydrogen-bond donors (Lipinski definition) is 0. The number of para-hydroxylation sites is 1. The molecule has 0 aliphatic carbocycles. The fourth-order valence-electron chi connectivity index (χ4n) is 2.27. The van der Waals surface area contributed by atoms with E-state index in [0.29, 0.717) is 5.56 Å². The molecular formula is C17H15NO5. The second kappa shape index (κ2) is 7.31. The minimum absolute atomic E-state index is 0.0322. The van der Waals surface area contributed by atoms with Crippen molar-refractivity contribution in [2.75, 3.05) is 6.61 Å². The fraction of sp³-hybridized carbons (Fsp3) is 0.176. The number of nitro benzene ring substituents is 1. The lowest BCUT2D eigenvalue weighted by Crippen LogP contribution is -2.25. The lowest BCUT2D eigenvalue weighted by molar-refractivity contribution is -0.385. The van der Waals surface area contributed by atoms with Gasteiger partial charge < -0.3 is 4.74 Å². The van der Waals surface area contributed by atoms with Gasteiger partial charge in [0, 0.05) is 11.6 Å². The van der Waals surface area contributed by atoms with Gasteiger partial charge >= 0.3 is 5.97 Å². The van der Waals surface area contributed by atoms with Gasteiger partial charge in [0.05, 0.1) is 17.1 Å². The van der Waals surface area contributed by atoms with Crippen molar-refractivity contribution in [3.8, 4) is 0 Å². The first-order chi connectivity index (χ1) is 11.1. The third kappa shape index (κ3) is 3.60. The summed E-state index contributed by atoms with van der Waals surface area (Å²) in [6.45, 7) is 1.69. The van der Waals surface area contributed by atoms with Crippen LogP contribution in [0.4, 0.5) is 5.69 Å². The molecule has 2 rings (SSSR count).